The maximum absolute atomic E-state index is 13.2. The van der Waals surface area contributed by atoms with Crippen molar-refractivity contribution in [3.63, 3.8) is 0 Å². The quantitative estimate of drug-likeness (QED) is 0.629. The van der Waals surface area contributed by atoms with Gasteiger partial charge in [-0.25, -0.2) is 0 Å². The molecule has 0 bridgehead atoms. The third kappa shape index (κ3) is 6.38. The molecule has 0 saturated carbocycles. The van der Waals surface area contributed by atoms with E-state index < -0.39 is 6.04 Å². The van der Waals surface area contributed by atoms with Crippen LogP contribution in [0.3, 0.4) is 0 Å². The van der Waals surface area contributed by atoms with E-state index in [1.54, 1.807) is 37.1 Å². The largest absolute Gasteiger partial charge is 0.497 e. The number of hydrogen-bond acceptors (Lipinski definition) is 3. The minimum atomic E-state index is -0.641. The number of ether oxygens (including phenoxy) is 1. The Hall–Kier alpha value is -2.24. The summed E-state index contributed by atoms with van der Waals surface area (Å²) in [5.74, 6) is 0.303. The molecule has 0 aliphatic carbocycles. The van der Waals surface area contributed by atoms with E-state index in [0.29, 0.717) is 22.2 Å². The summed E-state index contributed by atoms with van der Waals surface area (Å²) >= 11 is 12.5. The second-order valence-corrected chi connectivity index (χ2v) is 7.53. The Kier molecular flexibility index (Phi) is 8.80. The topological polar surface area (TPSA) is 58.6 Å². The van der Waals surface area contributed by atoms with E-state index in [0.717, 1.165) is 17.7 Å². The smallest absolute Gasteiger partial charge is 0.242 e. The fraction of sp³-hybridized carbons (Fsp3) is 0.364. The summed E-state index contributed by atoms with van der Waals surface area (Å²) in [4.78, 5) is 27.3. The summed E-state index contributed by atoms with van der Waals surface area (Å²) < 4.78 is 5.18. The number of nitrogens with zero attached hydrogens (tertiary/aromatic N) is 1. The molecule has 0 saturated heterocycles. The summed E-state index contributed by atoms with van der Waals surface area (Å²) in [6.07, 6.45) is 0.834. The minimum Gasteiger partial charge on any atom is -0.497 e. The number of carbonyl (C=O) groups excluding carboxylic acids is 2. The molecule has 0 spiro atoms. The summed E-state index contributed by atoms with van der Waals surface area (Å²) in [5, 5.41) is 3.71. The van der Waals surface area contributed by atoms with Crippen molar-refractivity contribution < 1.29 is 14.3 Å². The molecule has 0 heterocycles. The number of hydrogen-bond donors (Lipinski definition) is 1. The zero-order valence-corrected chi connectivity index (χ0v) is 18.4. The van der Waals surface area contributed by atoms with Crippen LogP contribution < -0.4 is 10.1 Å². The van der Waals surface area contributed by atoms with E-state index in [-0.39, 0.29) is 24.8 Å². The monoisotopic (exact) mass is 436 g/mol. The number of nitrogens with one attached hydrogen (secondary N) is 1. The molecular weight excluding hydrogens is 411 g/mol. The Morgan fingerprint density at radius 1 is 1.10 bits per heavy atom. The molecular formula is C22H26Cl2N2O3. The van der Waals surface area contributed by atoms with Crippen molar-refractivity contribution in [3.8, 4) is 5.75 Å². The third-order valence-corrected chi connectivity index (χ3v) is 5.33. The van der Waals surface area contributed by atoms with E-state index >= 15 is 0 Å². The van der Waals surface area contributed by atoms with Crippen LogP contribution in [0.25, 0.3) is 0 Å². The van der Waals surface area contributed by atoms with Crippen molar-refractivity contribution in [2.75, 3.05) is 13.7 Å². The first kappa shape index (κ1) is 23.0. The normalized spacial score (nSPS) is 11.6. The number of benzene rings is 2. The lowest BCUT2D eigenvalue weighted by atomic mass is 10.1. The van der Waals surface area contributed by atoms with Gasteiger partial charge in [0.05, 0.1) is 13.5 Å². The van der Waals surface area contributed by atoms with Crippen LogP contribution in [0, 0.1) is 0 Å². The van der Waals surface area contributed by atoms with Crippen LogP contribution in [0.2, 0.25) is 10.0 Å². The molecule has 1 atom stereocenters. The first-order valence-electron chi connectivity index (χ1n) is 9.50. The summed E-state index contributed by atoms with van der Waals surface area (Å²) in [6.45, 7) is 4.54. The van der Waals surface area contributed by atoms with Crippen molar-refractivity contribution in [3.05, 3.63) is 63.6 Å². The molecule has 0 radical (unpaired) electrons. The molecule has 0 aliphatic rings. The minimum absolute atomic E-state index is 0.0139. The van der Waals surface area contributed by atoms with Gasteiger partial charge in [-0.05, 0) is 48.7 Å². The summed E-state index contributed by atoms with van der Waals surface area (Å²) in [6, 6.07) is 11.9. The molecule has 1 N–H and O–H groups in total. The van der Waals surface area contributed by atoms with Gasteiger partial charge in [0, 0.05) is 23.1 Å². The van der Waals surface area contributed by atoms with E-state index in [1.165, 1.54) is 0 Å². The van der Waals surface area contributed by atoms with Crippen LogP contribution in [0.5, 0.6) is 5.75 Å². The molecule has 2 aromatic carbocycles. The molecule has 0 unspecified atom stereocenters. The Morgan fingerprint density at radius 2 is 1.72 bits per heavy atom. The Balaban J connectivity index is 2.26. The SMILES string of the molecule is CCCNC(=O)[C@@H](C)N(Cc1ccc(OC)cc1)C(=O)Cc1c(Cl)cccc1Cl. The lowest BCUT2D eigenvalue weighted by Gasteiger charge is -2.29. The number of carbonyl (C=O) groups is 2. The van der Waals surface area contributed by atoms with E-state index in [9.17, 15) is 9.59 Å². The lowest BCUT2D eigenvalue weighted by Crippen LogP contribution is -2.48. The van der Waals surface area contributed by atoms with Gasteiger partial charge in [0.2, 0.25) is 11.8 Å². The van der Waals surface area contributed by atoms with Gasteiger partial charge in [0.25, 0.3) is 0 Å². The molecule has 156 valence electrons. The van der Waals surface area contributed by atoms with Crippen LogP contribution in [0.1, 0.15) is 31.4 Å². The van der Waals surface area contributed by atoms with Crippen LogP contribution in [0.15, 0.2) is 42.5 Å². The van der Waals surface area contributed by atoms with E-state index in [1.807, 2.05) is 31.2 Å². The zero-order chi connectivity index (χ0) is 21.4. The van der Waals surface area contributed by atoms with Crippen molar-refractivity contribution in [2.45, 2.75) is 39.3 Å². The highest BCUT2D eigenvalue weighted by molar-refractivity contribution is 6.36. The van der Waals surface area contributed by atoms with Gasteiger partial charge in [-0.2, -0.15) is 0 Å². The Bertz CT molecular complexity index is 820. The van der Waals surface area contributed by atoms with Crippen molar-refractivity contribution in [2.24, 2.45) is 0 Å². The molecule has 7 heteroatoms. The molecule has 0 aliphatic heterocycles. The van der Waals surface area contributed by atoms with Crippen molar-refractivity contribution >= 4 is 35.0 Å². The van der Waals surface area contributed by atoms with Crippen LogP contribution in [-0.4, -0.2) is 36.4 Å². The van der Waals surface area contributed by atoms with Gasteiger partial charge < -0.3 is 15.0 Å². The maximum atomic E-state index is 13.2. The highest BCUT2D eigenvalue weighted by Gasteiger charge is 2.27. The average molecular weight is 437 g/mol. The Morgan fingerprint density at radius 3 is 2.28 bits per heavy atom. The average Bonchev–Trinajstić information content (AvgIpc) is 2.72. The molecule has 2 rings (SSSR count). The van der Waals surface area contributed by atoms with Gasteiger partial charge in [-0.1, -0.05) is 48.3 Å². The van der Waals surface area contributed by atoms with Crippen LogP contribution >= 0.6 is 23.2 Å². The third-order valence-electron chi connectivity index (χ3n) is 4.62. The molecule has 2 aromatic rings. The van der Waals surface area contributed by atoms with Gasteiger partial charge >= 0.3 is 0 Å². The van der Waals surface area contributed by atoms with Gasteiger partial charge in [-0.15, -0.1) is 0 Å². The van der Waals surface area contributed by atoms with Gasteiger partial charge in [-0.3, -0.25) is 9.59 Å². The van der Waals surface area contributed by atoms with Crippen LogP contribution in [0.4, 0.5) is 0 Å². The number of amides is 2. The predicted octanol–water partition coefficient (Wildman–Crippen LogP) is 4.49. The fourth-order valence-corrected chi connectivity index (χ4v) is 3.39. The highest BCUT2D eigenvalue weighted by Crippen LogP contribution is 2.26. The summed E-state index contributed by atoms with van der Waals surface area (Å²) in [7, 11) is 1.60. The predicted molar refractivity (Wildman–Crippen MR) is 116 cm³/mol. The highest BCUT2D eigenvalue weighted by atomic mass is 35.5. The first-order chi connectivity index (χ1) is 13.9. The van der Waals surface area contributed by atoms with Crippen molar-refractivity contribution in [1.29, 1.82) is 0 Å². The van der Waals surface area contributed by atoms with Crippen LogP contribution in [-0.2, 0) is 22.6 Å². The molecule has 0 aromatic heterocycles. The second kappa shape index (κ2) is 11.1. The first-order valence-corrected chi connectivity index (χ1v) is 10.3. The lowest BCUT2D eigenvalue weighted by molar-refractivity contribution is -0.140. The number of methoxy groups -OCH3 is 1. The maximum Gasteiger partial charge on any atom is 0.242 e. The molecule has 2 amide bonds. The molecule has 5 nitrogen and oxygen atoms in total. The van der Waals surface area contributed by atoms with Crippen molar-refractivity contribution in [1.82, 2.24) is 10.2 Å². The van der Waals surface area contributed by atoms with E-state index in [4.69, 9.17) is 27.9 Å². The Labute approximate surface area is 181 Å². The molecule has 29 heavy (non-hydrogen) atoms. The van der Waals surface area contributed by atoms with Gasteiger partial charge in [0.1, 0.15) is 11.8 Å². The fourth-order valence-electron chi connectivity index (χ4n) is 2.86. The molecule has 0 fully saturated rings. The second-order valence-electron chi connectivity index (χ2n) is 6.71. The van der Waals surface area contributed by atoms with Gasteiger partial charge in [0.15, 0.2) is 0 Å². The number of rotatable bonds is 9. The zero-order valence-electron chi connectivity index (χ0n) is 16.9. The summed E-state index contributed by atoms with van der Waals surface area (Å²) in [5.41, 5.74) is 1.45. The standard InChI is InChI=1S/C22H26Cl2N2O3/c1-4-12-25-22(28)15(2)26(14-16-8-10-17(29-3)11-9-16)21(27)13-18-19(23)6-5-7-20(18)24/h5-11,15H,4,12-14H2,1-3H3,(H,25,28)/t15-/m1/s1. The van der Waals surface area contributed by atoms with E-state index in [2.05, 4.69) is 5.32 Å². The number of halogens is 2.